The Morgan fingerprint density at radius 2 is 2.36 bits per heavy atom. The number of hydrogen-bond donors (Lipinski definition) is 3. The zero-order valence-electron chi connectivity index (χ0n) is 6.67. The Morgan fingerprint density at radius 1 is 1.73 bits per heavy atom. The van der Waals surface area contributed by atoms with Gasteiger partial charge in [0, 0.05) is 24.0 Å². The van der Waals surface area contributed by atoms with Crippen LogP contribution in [0.3, 0.4) is 0 Å². The van der Waals surface area contributed by atoms with E-state index in [0.29, 0.717) is 6.54 Å². The summed E-state index contributed by atoms with van der Waals surface area (Å²) in [5, 5.41) is 0. The second kappa shape index (κ2) is 6.45. The number of thioether (sulfide) groups is 1. The number of nitrogens with two attached hydrogens (primary N) is 2. The Kier molecular flexibility index (Phi) is 6.30. The minimum atomic E-state index is -0.116. The second-order valence-electron chi connectivity index (χ2n) is 2.27. The van der Waals surface area contributed by atoms with Crippen LogP contribution in [0.4, 0.5) is 0 Å². The smallest absolute Gasteiger partial charge is 0.237 e. The summed E-state index contributed by atoms with van der Waals surface area (Å²) >= 11 is 1.66. The molecule has 0 saturated heterocycles. The van der Waals surface area contributed by atoms with Crippen molar-refractivity contribution in [3.8, 4) is 0 Å². The first-order chi connectivity index (χ1) is 5.22. The van der Waals surface area contributed by atoms with Crippen LogP contribution in [0.2, 0.25) is 0 Å². The van der Waals surface area contributed by atoms with Crippen LogP contribution in [0, 0.1) is 5.92 Å². The Morgan fingerprint density at radius 3 is 2.82 bits per heavy atom. The lowest BCUT2D eigenvalue weighted by atomic mass is 10.2. The van der Waals surface area contributed by atoms with E-state index in [-0.39, 0.29) is 11.8 Å². The van der Waals surface area contributed by atoms with Crippen molar-refractivity contribution in [2.45, 2.75) is 6.92 Å². The SMILES string of the molecule is CC(CSCCN)C(=O)NN. The first-order valence-electron chi connectivity index (χ1n) is 3.50. The largest absolute Gasteiger partial charge is 0.330 e. The van der Waals surface area contributed by atoms with Gasteiger partial charge in [-0.05, 0) is 0 Å². The molecule has 11 heavy (non-hydrogen) atoms. The van der Waals surface area contributed by atoms with E-state index >= 15 is 0 Å². The first kappa shape index (κ1) is 10.7. The third kappa shape index (κ3) is 5.06. The molecule has 1 unspecified atom stereocenters. The Balaban J connectivity index is 3.36. The van der Waals surface area contributed by atoms with Gasteiger partial charge in [0.15, 0.2) is 0 Å². The fourth-order valence-electron chi connectivity index (χ4n) is 0.561. The van der Waals surface area contributed by atoms with Crippen molar-refractivity contribution in [1.82, 2.24) is 5.43 Å². The maximum atomic E-state index is 10.8. The van der Waals surface area contributed by atoms with Gasteiger partial charge in [0.1, 0.15) is 0 Å². The van der Waals surface area contributed by atoms with Crippen molar-refractivity contribution < 1.29 is 4.79 Å². The van der Waals surface area contributed by atoms with Gasteiger partial charge in [-0.3, -0.25) is 10.2 Å². The summed E-state index contributed by atoms with van der Waals surface area (Å²) in [5.41, 5.74) is 7.39. The molecule has 5 N–H and O–H groups in total. The van der Waals surface area contributed by atoms with Crippen LogP contribution < -0.4 is 17.0 Å². The molecule has 0 radical (unpaired) electrons. The molecule has 0 aromatic carbocycles. The van der Waals surface area contributed by atoms with Crippen LogP contribution >= 0.6 is 11.8 Å². The zero-order chi connectivity index (χ0) is 8.69. The summed E-state index contributed by atoms with van der Waals surface area (Å²) in [6.07, 6.45) is 0. The van der Waals surface area contributed by atoms with Gasteiger partial charge in [0.25, 0.3) is 0 Å². The minimum absolute atomic E-state index is 0.0310. The molecule has 0 aromatic heterocycles. The van der Waals surface area contributed by atoms with Crippen LogP contribution in [-0.4, -0.2) is 24.0 Å². The monoisotopic (exact) mass is 177 g/mol. The fraction of sp³-hybridized carbons (Fsp3) is 0.833. The van der Waals surface area contributed by atoms with E-state index in [4.69, 9.17) is 11.6 Å². The lowest BCUT2D eigenvalue weighted by Gasteiger charge is -2.07. The van der Waals surface area contributed by atoms with E-state index in [1.54, 1.807) is 11.8 Å². The maximum absolute atomic E-state index is 10.8. The summed E-state index contributed by atoms with van der Waals surface area (Å²) in [5.74, 6) is 6.47. The molecule has 0 spiro atoms. The molecule has 1 atom stereocenters. The van der Waals surface area contributed by atoms with E-state index in [0.717, 1.165) is 11.5 Å². The third-order valence-electron chi connectivity index (χ3n) is 1.22. The number of carbonyl (C=O) groups excluding carboxylic acids is 1. The van der Waals surface area contributed by atoms with E-state index in [1.807, 2.05) is 6.92 Å². The molecule has 0 heterocycles. The highest BCUT2D eigenvalue weighted by atomic mass is 32.2. The molecule has 0 aromatic rings. The summed E-state index contributed by atoms with van der Waals surface area (Å²) < 4.78 is 0. The number of nitrogens with one attached hydrogen (secondary N) is 1. The third-order valence-corrected chi connectivity index (χ3v) is 2.48. The molecule has 0 aliphatic heterocycles. The molecule has 5 heteroatoms. The average molecular weight is 177 g/mol. The van der Waals surface area contributed by atoms with Crippen molar-refractivity contribution in [2.24, 2.45) is 17.5 Å². The van der Waals surface area contributed by atoms with Crippen LogP contribution in [0.15, 0.2) is 0 Å². The lowest BCUT2D eigenvalue weighted by Crippen LogP contribution is -2.35. The molecule has 1 amide bonds. The van der Waals surface area contributed by atoms with Crippen LogP contribution in [0.5, 0.6) is 0 Å². The van der Waals surface area contributed by atoms with Crippen molar-refractivity contribution in [3.63, 3.8) is 0 Å². The van der Waals surface area contributed by atoms with Gasteiger partial charge in [-0.15, -0.1) is 0 Å². The molecule has 0 rings (SSSR count). The number of rotatable bonds is 5. The Hall–Kier alpha value is -0.260. The molecule has 0 saturated carbocycles. The number of carbonyl (C=O) groups is 1. The van der Waals surface area contributed by atoms with Crippen molar-refractivity contribution in [3.05, 3.63) is 0 Å². The zero-order valence-corrected chi connectivity index (χ0v) is 7.49. The predicted octanol–water partition coefficient (Wildman–Crippen LogP) is -0.696. The minimum Gasteiger partial charge on any atom is -0.330 e. The highest BCUT2D eigenvalue weighted by Crippen LogP contribution is 2.06. The standard InChI is InChI=1S/C6H15N3OS/c1-5(6(10)9-8)4-11-3-2-7/h5H,2-4,7-8H2,1H3,(H,9,10). The number of amides is 1. The highest BCUT2D eigenvalue weighted by Gasteiger charge is 2.09. The van der Waals surface area contributed by atoms with E-state index in [9.17, 15) is 4.79 Å². The second-order valence-corrected chi connectivity index (χ2v) is 3.42. The summed E-state index contributed by atoms with van der Waals surface area (Å²) in [4.78, 5) is 10.8. The van der Waals surface area contributed by atoms with E-state index in [2.05, 4.69) is 5.43 Å². The number of hydrogen-bond acceptors (Lipinski definition) is 4. The van der Waals surface area contributed by atoms with Gasteiger partial charge < -0.3 is 5.73 Å². The molecule has 0 fully saturated rings. The predicted molar refractivity (Wildman–Crippen MR) is 47.9 cm³/mol. The average Bonchev–Trinajstić information content (AvgIpc) is 2.03. The summed E-state index contributed by atoms with van der Waals surface area (Å²) in [6.45, 7) is 2.49. The molecular weight excluding hydrogens is 162 g/mol. The van der Waals surface area contributed by atoms with E-state index < -0.39 is 0 Å². The van der Waals surface area contributed by atoms with Crippen LogP contribution in [0.25, 0.3) is 0 Å². The molecule has 0 bridgehead atoms. The van der Waals surface area contributed by atoms with Gasteiger partial charge in [-0.2, -0.15) is 11.8 Å². The van der Waals surface area contributed by atoms with Crippen molar-refractivity contribution >= 4 is 17.7 Å². The van der Waals surface area contributed by atoms with Crippen molar-refractivity contribution in [2.75, 3.05) is 18.1 Å². The van der Waals surface area contributed by atoms with Gasteiger partial charge in [0.05, 0.1) is 0 Å². The maximum Gasteiger partial charge on any atom is 0.237 e. The van der Waals surface area contributed by atoms with Crippen LogP contribution in [0.1, 0.15) is 6.92 Å². The normalized spacial score (nSPS) is 12.6. The summed E-state index contributed by atoms with van der Waals surface area (Å²) in [6, 6.07) is 0. The van der Waals surface area contributed by atoms with Crippen molar-refractivity contribution in [1.29, 1.82) is 0 Å². The molecule has 4 nitrogen and oxygen atoms in total. The highest BCUT2D eigenvalue weighted by molar-refractivity contribution is 7.99. The fourth-order valence-corrected chi connectivity index (χ4v) is 1.40. The van der Waals surface area contributed by atoms with Gasteiger partial charge in [-0.1, -0.05) is 6.92 Å². The first-order valence-corrected chi connectivity index (χ1v) is 4.66. The molecule has 0 aliphatic rings. The summed E-state index contributed by atoms with van der Waals surface area (Å²) in [7, 11) is 0. The Labute approximate surface area is 71.0 Å². The lowest BCUT2D eigenvalue weighted by molar-refractivity contribution is -0.123. The molecule has 66 valence electrons. The molecule has 0 aliphatic carbocycles. The topological polar surface area (TPSA) is 81.1 Å². The van der Waals surface area contributed by atoms with Gasteiger partial charge in [-0.25, -0.2) is 5.84 Å². The van der Waals surface area contributed by atoms with Gasteiger partial charge >= 0.3 is 0 Å². The quantitative estimate of drug-likeness (QED) is 0.224. The molecular formula is C6H15N3OS. The number of hydrazine groups is 1. The van der Waals surface area contributed by atoms with Gasteiger partial charge in [0.2, 0.25) is 5.91 Å². The van der Waals surface area contributed by atoms with Crippen LogP contribution in [-0.2, 0) is 4.79 Å². The van der Waals surface area contributed by atoms with E-state index in [1.165, 1.54) is 0 Å². The Bertz CT molecular complexity index is 120.